The van der Waals surface area contributed by atoms with Gasteiger partial charge in [-0.25, -0.2) is 0 Å². The Morgan fingerprint density at radius 1 is 1.19 bits per heavy atom. The molecule has 0 amide bonds. The lowest BCUT2D eigenvalue weighted by Gasteiger charge is -2.22. The van der Waals surface area contributed by atoms with Crippen molar-refractivity contribution < 1.29 is 4.74 Å². The van der Waals surface area contributed by atoms with Crippen LogP contribution in [0.25, 0.3) is 0 Å². The van der Waals surface area contributed by atoms with E-state index in [0.717, 1.165) is 26.4 Å². The van der Waals surface area contributed by atoms with Crippen molar-refractivity contribution in [2.24, 2.45) is 0 Å². The maximum Gasteiger partial charge on any atom is 0.124 e. The van der Waals surface area contributed by atoms with Crippen LogP contribution in [0.2, 0.25) is 5.02 Å². The van der Waals surface area contributed by atoms with Gasteiger partial charge in [0.2, 0.25) is 0 Å². The van der Waals surface area contributed by atoms with Crippen molar-refractivity contribution in [3.8, 4) is 5.75 Å². The van der Waals surface area contributed by atoms with E-state index >= 15 is 0 Å². The lowest BCUT2D eigenvalue weighted by atomic mass is 9.96. The minimum atomic E-state index is 0.0134. The molecule has 0 aliphatic heterocycles. The number of halogens is 2. The Kier molecular flexibility index (Phi) is 5.68. The minimum Gasteiger partial charge on any atom is -0.494 e. The fourth-order valence-electron chi connectivity index (χ4n) is 2.39. The van der Waals surface area contributed by atoms with Crippen molar-refractivity contribution in [1.82, 2.24) is 5.32 Å². The SMILES string of the molecule is CCOc1ccc(C)cc1C(NC)c1cc(Cl)ccc1Br. The van der Waals surface area contributed by atoms with Gasteiger partial charge in [0.15, 0.2) is 0 Å². The van der Waals surface area contributed by atoms with Crippen LogP contribution in [-0.4, -0.2) is 13.7 Å². The van der Waals surface area contributed by atoms with Gasteiger partial charge in [-0.1, -0.05) is 45.2 Å². The molecular weight excluding hydrogens is 350 g/mol. The lowest BCUT2D eigenvalue weighted by molar-refractivity contribution is 0.334. The van der Waals surface area contributed by atoms with Gasteiger partial charge in [0, 0.05) is 15.1 Å². The van der Waals surface area contributed by atoms with E-state index in [9.17, 15) is 0 Å². The van der Waals surface area contributed by atoms with Gasteiger partial charge >= 0.3 is 0 Å². The van der Waals surface area contributed by atoms with Crippen LogP contribution in [0.5, 0.6) is 5.75 Å². The maximum atomic E-state index is 6.16. The summed E-state index contributed by atoms with van der Waals surface area (Å²) in [4.78, 5) is 0. The third-order valence-electron chi connectivity index (χ3n) is 3.33. The molecule has 0 bridgehead atoms. The third-order valence-corrected chi connectivity index (χ3v) is 4.29. The second kappa shape index (κ2) is 7.30. The smallest absolute Gasteiger partial charge is 0.124 e. The molecule has 0 aliphatic carbocycles. The molecule has 0 radical (unpaired) electrons. The predicted octanol–water partition coefficient (Wildman–Crippen LogP) is 5.12. The molecule has 112 valence electrons. The van der Waals surface area contributed by atoms with Gasteiger partial charge in [-0.3, -0.25) is 0 Å². The molecule has 0 heterocycles. The van der Waals surface area contributed by atoms with E-state index in [2.05, 4.69) is 40.3 Å². The molecule has 1 unspecified atom stereocenters. The normalized spacial score (nSPS) is 12.2. The highest BCUT2D eigenvalue weighted by atomic mass is 79.9. The first-order valence-corrected chi connectivity index (χ1v) is 8.09. The first kappa shape index (κ1) is 16.3. The fraction of sp³-hybridized carbons (Fsp3) is 0.294. The summed E-state index contributed by atoms with van der Waals surface area (Å²) in [6.45, 7) is 4.72. The molecule has 0 aliphatic rings. The molecule has 2 aromatic carbocycles. The van der Waals surface area contributed by atoms with Crippen LogP contribution in [-0.2, 0) is 0 Å². The number of benzene rings is 2. The molecule has 0 aromatic heterocycles. The van der Waals surface area contributed by atoms with Gasteiger partial charge in [0.05, 0.1) is 12.6 Å². The standard InChI is InChI=1S/C17H19BrClNO/c1-4-21-16-8-5-11(2)9-14(16)17(20-3)13-10-12(19)6-7-15(13)18/h5-10,17,20H,4H2,1-3H3. The van der Waals surface area contributed by atoms with Crippen LogP contribution in [0.1, 0.15) is 29.7 Å². The van der Waals surface area contributed by atoms with Crippen LogP contribution in [0, 0.1) is 6.92 Å². The van der Waals surface area contributed by atoms with Crippen molar-refractivity contribution in [2.75, 3.05) is 13.7 Å². The number of ether oxygens (including phenoxy) is 1. The monoisotopic (exact) mass is 367 g/mol. The third kappa shape index (κ3) is 3.79. The first-order valence-electron chi connectivity index (χ1n) is 6.92. The molecule has 0 saturated heterocycles. The van der Waals surface area contributed by atoms with Crippen LogP contribution < -0.4 is 10.1 Å². The summed E-state index contributed by atoms with van der Waals surface area (Å²) < 4.78 is 6.80. The highest BCUT2D eigenvalue weighted by molar-refractivity contribution is 9.10. The number of rotatable bonds is 5. The van der Waals surface area contributed by atoms with Crippen molar-refractivity contribution in [3.63, 3.8) is 0 Å². The second-order valence-corrected chi connectivity index (χ2v) is 6.15. The van der Waals surface area contributed by atoms with Gasteiger partial charge in [0.25, 0.3) is 0 Å². The summed E-state index contributed by atoms with van der Waals surface area (Å²) in [7, 11) is 1.94. The Bertz CT molecular complexity index is 630. The van der Waals surface area contributed by atoms with Crippen LogP contribution in [0.15, 0.2) is 40.9 Å². The molecule has 4 heteroatoms. The van der Waals surface area contributed by atoms with E-state index in [-0.39, 0.29) is 6.04 Å². The van der Waals surface area contributed by atoms with Gasteiger partial charge in [-0.2, -0.15) is 0 Å². The predicted molar refractivity (Wildman–Crippen MR) is 92.4 cm³/mol. The fourth-order valence-corrected chi connectivity index (χ4v) is 3.05. The van der Waals surface area contributed by atoms with Gasteiger partial charge < -0.3 is 10.1 Å². The summed E-state index contributed by atoms with van der Waals surface area (Å²) >= 11 is 9.77. The molecule has 2 nitrogen and oxygen atoms in total. The van der Waals surface area contributed by atoms with Crippen LogP contribution >= 0.6 is 27.5 Å². The Hall–Kier alpha value is -1.03. The van der Waals surface area contributed by atoms with Crippen molar-refractivity contribution in [2.45, 2.75) is 19.9 Å². The lowest BCUT2D eigenvalue weighted by Crippen LogP contribution is -2.19. The summed E-state index contributed by atoms with van der Waals surface area (Å²) in [5.41, 5.74) is 3.41. The average molecular weight is 369 g/mol. The first-order chi connectivity index (χ1) is 10.1. The van der Waals surface area contributed by atoms with Gasteiger partial charge in [0.1, 0.15) is 5.75 Å². The van der Waals surface area contributed by atoms with Gasteiger partial charge in [-0.05, 0) is 50.7 Å². The number of hydrogen-bond donors (Lipinski definition) is 1. The zero-order chi connectivity index (χ0) is 15.4. The number of nitrogens with one attached hydrogen (secondary N) is 1. The van der Waals surface area contributed by atoms with E-state index in [1.165, 1.54) is 5.56 Å². The molecule has 2 aromatic rings. The molecule has 1 atom stereocenters. The van der Waals surface area contributed by atoms with Gasteiger partial charge in [-0.15, -0.1) is 0 Å². The summed E-state index contributed by atoms with van der Waals surface area (Å²) in [5.74, 6) is 0.898. The number of aryl methyl sites for hydroxylation is 1. The van der Waals surface area contributed by atoms with E-state index in [1.807, 2.05) is 38.2 Å². The van der Waals surface area contributed by atoms with E-state index in [1.54, 1.807) is 0 Å². The minimum absolute atomic E-state index is 0.0134. The molecule has 0 spiro atoms. The van der Waals surface area contributed by atoms with Crippen LogP contribution in [0.3, 0.4) is 0 Å². The van der Waals surface area contributed by atoms with E-state index in [4.69, 9.17) is 16.3 Å². The van der Waals surface area contributed by atoms with Crippen molar-refractivity contribution in [3.05, 3.63) is 62.6 Å². The summed E-state index contributed by atoms with van der Waals surface area (Å²) in [5, 5.41) is 4.08. The largest absolute Gasteiger partial charge is 0.494 e. The Morgan fingerprint density at radius 2 is 1.95 bits per heavy atom. The van der Waals surface area contributed by atoms with E-state index < -0.39 is 0 Å². The molecule has 0 fully saturated rings. The Morgan fingerprint density at radius 3 is 2.62 bits per heavy atom. The highest BCUT2D eigenvalue weighted by Crippen LogP contribution is 2.35. The van der Waals surface area contributed by atoms with Crippen molar-refractivity contribution >= 4 is 27.5 Å². The second-order valence-electron chi connectivity index (χ2n) is 4.86. The topological polar surface area (TPSA) is 21.3 Å². The molecular formula is C17H19BrClNO. The molecule has 21 heavy (non-hydrogen) atoms. The van der Waals surface area contributed by atoms with Crippen molar-refractivity contribution in [1.29, 1.82) is 0 Å². The molecule has 0 saturated carbocycles. The maximum absolute atomic E-state index is 6.16. The summed E-state index contributed by atoms with van der Waals surface area (Å²) in [6, 6.07) is 12.1. The summed E-state index contributed by atoms with van der Waals surface area (Å²) in [6.07, 6.45) is 0. The van der Waals surface area contributed by atoms with E-state index in [0.29, 0.717) is 6.61 Å². The average Bonchev–Trinajstić information content (AvgIpc) is 2.46. The zero-order valence-corrected chi connectivity index (χ0v) is 14.8. The zero-order valence-electron chi connectivity index (χ0n) is 12.4. The Balaban J connectivity index is 2.55. The quantitative estimate of drug-likeness (QED) is 0.791. The molecule has 2 rings (SSSR count). The Labute approximate surface area is 139 Å². The number of hydrogen-bond acceptors (Lipinski definition) is 2. The van der Waals surface area contributed by atoms with Crippen LogP contribution in [0.4, 0.5) is 0 Å². The highest BCUT2D eigenvalue weighted by Gasteiger charge is 2.19. The molecule has 1 N–H and O–H groups in total.